The van der Waals surface area contributed by atoms with Gasteiger partial charge in [0.15, 0.2) is 5.78 Å². The minimum Gasteiger partial charge on any atom is -0.481 e. The van der Waals surface area contributed by atoms with Crippen molar-refractivity contribution in [1.82, 2.24) is 9.61 Å². The fourth-order valence-corrected chi connectivity index (χ4v) is 1.69. The van der Waals surface area contributed by atoms with Gasteiger partial charge in [-0.05, 0) is 19.1 Å². The number of hydrogen-bond donors (Lipinski definition) is 1. The molecular formula is C11H10N2O3. The number of fused-ring (bicyclic) bond motifs is 1. The molecule has 2 aromatic rings. The van der Waals surface area contributed by atoms with Crippen molar-refractivity contribution < 1.29 is 14.7 Å². The predicted octanol–water partition coefficient (Wildman–Crippen LogP) is 1.30. The molecule has 0 amide bonds. The third-order valence-corrected chi connectivity index (χ3v) is 2.31. The Morgan fingerprint density at radius 1 is 1.44 bits per heavy atom. The molecule has 0 aromatic carbocycles. The van der Waals surface area contributed by atoms with E-state index in [4.69, 9.17) is 5.11 Å². The quantitative estimate of drug-likeness (QED) is 0.622. The van der Waals surface area contributed by atoms with Gasteiger partial charge in [0, 0.05) is 6.20 Å². The van der Waals surface area contributed by atoms with Gasteiger partial charge in [-0.3, -0.25) is 9.59 Å². The summed E-state index contributed by atoms with van der Waals surface area (Å²) in [5.41, 5.74) is 1.59. The van der Waals surface area contributed by atoms with Crippen molar-refractivity contribution in [3.63, 3.8) is 0 Å². The number of carbonyl (C=O) groups excluding carboxylic acids is 1. The van der Waals surface area contributed by atoms with Gasteiger partial charge in [-0.2, -0.15) is 5.10 Å². The molecule has 0 aliphatic rings. The number of rotatable bonds is 3. The minimum atomic E-state index is -1.13. The van der Waals surface area contributed by atoms with E-state index in [0.29, 0.717) is 16.8 Å². The third-order valence-electron chi connectivity index (χ3n) is 2.31. The third kappa shape index (κ3) is 1.67. The Kier molecular flexibility index (Phi) is 2.44. The van der Waals surface area contributed by atoms with Crippen molar-refractivity contribution in [2.75, 3.05) is 0 Å². The number of pyridine rings is 1. The monoisotopic (exact) mass is 218 g/mol. The van der Waals surface area contributed by atoms with Crippen LogP contribution in [0.2, 0.25) is 0 Å². The maximum Gasteiger partial charge on any atom is 0.311 e. The van der Waals surface area contributed by atoms with Gasteiger partial charge in [-0.25, -0.2) is 4.52 Å². The predicted molar refractivity (Wildman–Crippen MR) is 56.5 cm³/mol. The lowest BCUT2D eigenvalue weighted by atomic mass is 10.1. The van der Waals surface area contributed by atoms with Crippen molar-refractivity contribution in [3.05, 3.63) is 35.7 Å². The number of carboxylic acid groups (broad SMARTS) is 1. The molecular weight excluding hydrogens is 208 g/mol. The summed E-state index contributed by atoms with van der Waals surface area (Å²) in [5.74, 6) is -1.54. The van der Waals surface area contributed by atoms with Gasteiger partial charge in [-0.15, -0.1) is 0 Å². The summed E-state index contributed by atoms with van der Waals surface area (Å²) >= 11 is 0. The highest BCUT2D eigenvalue weighted by molar-refractivity contribution is 6.10. The molecule has 0 radical (unpaired) electrons. The first kappa shape index (κ1) is 10.4. The van der Waals surface area contributed by atoms with Gasteiger partial charge in [0.1, 0.15) is 6.42 Å². The molecule has 0 unspecified atom stereocenters. The summed E-state index contributed by atoms with van der Waals surface area (Å²) in [4.78, 5) is 22.2. The first-order chi connectivity index (χ1) is 7.59. The van der Waals surface area contributed by atoms with E-state index in [9.17, 15) is 9.59 Å². The zero-order valence-electron chi connectivity index (χ0n) is 8.67. The average Bonchev–Trinajstić information content (AvgIpc) is 2.52. The van der Waals surface area contributed by atoms with Crippen LogP contribution in [-0.4, -0.2) is 26.5 Å². The van der Waals surface area contributed by atoms with Gasteiger partial charge in [0.2, 0.25) is 0 Å². The number of nitrogens with zero attached hydrogens (tertiary/aromatic N) is 2. The molecule has 0 saturated carbocycles. The van der Waals surface area contributed by atoms with Gasteiger partial charge in [-0.1, -0.05) is 6.07 Å². The van der Waals surface area contributed by atoms with Crippen LogP contribution in [0.3, 0.4) is 0 Å². The Balaban J connectivity index is 2.55. The molecule has 2 rings (SSSR count). The van der Waals surface area contributed by atoms with Crippen LogP contribution in [0.25, 0.3) is 5.52 Å². The second-order valence-electron chi connectivity index (χ2n) is 3.48. The highest BCUT2D eigenvalue weighted by Gasteiger charge is 2.18. The van der Waals surface area contributed by atoms with Crippen LogP contribution < -0.4 is 0 Å². The van der Waals surface area contributed by atoms with E-state index in [1.165, 1.54) is 0 Å². The topological polar surface area (TPSA) is 71.7 Å². The molecule has 0 saturated heterocycles. The summed E-state index contributed by atoms with van der Waals surface area (Å²) in [6, 6.07) is 5.33. The normalized spacial score (nSPS) is 10.6. The van der Waals surface area contributed by atoms with Crippen molar-refractivity contribution >= 4 is 17.3 Å². The molecule has 16 heavy (non-hydrogen) atoms. The lowest BCUT2D eigenvalue weighted by molar-refractivity contribution is -0.135. The first-order valence-corrected chi connectivity index (χ1v) is 4.78. The van der Waals surface area contributed by atoms with Crippen molar-refractivity contribution in [1.29, 1.82) is 0 Å². The fraction of sp³-hybridized carbons (Fsp3) is 0.182. The zero-order chi connectivity index (χ0) is 11.7. The summed E-state index contributed by atoms with van der Waals surface area (Å²) in [7, 11) is 0. The number of ketones is 1. The second-order valence-corrected chi connectivity index (χ2v) is 3.48. The van der Waals surface area contributed by atoms with Crippen LogP contribution in [0.15, 0.2) is 24.4 Å². The summed E-state index contributed by atoms with van der Waals surface area (Å²) in [5, 5.41) is 12.7. The largest absolute Gasteiger partial charge is 0.481 e. The molecule has 82 valence electrons. The number of aryl methyl sites for hydroxylation is 1. The molecule has 2 heterocycles. The molecule has 0 spiro atoms. The van der Waals surface area contributed by atoms with Crippen LogP contribution in [-0.2, 0) is 4.79 Å². The van der Waals surface area contributed by atoms with Crippen LogP contribution in [0.5, 0.6) is 0 Å². The molecule has 0 atom stereocenters. The van der Waals surface area contributed by atoms with E-state index < -0.39 is 18.2 Å². The maximum absolute atomic E-state index is 11.7. The molecule has 5 nitrogen and oxygen atoms in total. The molecule has 0 aliphatic heterocycles. The van der Waals surface area contributed by atoms with Crippen molar-refractivity contribution in [3.8, 4) is 0 Å². The van der Waals surface area contributed by atoms with Gasteiger partial charge < -0.3 is 5.11 Å². The maximum atomic E-state index is 11.7. The van der Waals surface area contributed by atoms with E-state index in [1.54, 1.807) is 35.8 Å². The Morgan fingerprint density at radius 2 is 2.19 bits per heavy atom. The Labute approximate surface area is 91.3 Å². The van der Waals surface area contributed by atoms with E-state index in [0.717, 1.165) is 0 Å². The van der Waals surface area contributed by atoms with Crippen molar-refractivity contribution in [2.24, 2.45) is 0 Å². The Bertz CT molecular complexity index is 572. The number of Topliss-reactive ketones (excluding diaryl/α,β-unsaturated/α-hetero) is 1. The number of carbonyl (C=O) groups is 2. The SMILES string of the molecule is Cc1nn2ccccc2c1C(=O)CC(=O)O. The van der Waals surface area contributed by atoms with Crippen LogP contribution in [0, 0.1) is 6.92 Å². The summed E-state index contributed by atoms with van der Waals surface area (Å²) in [6.45, 7) is 1.70. The number of aliphatic carboxylic acids is 1. The van der Waals surface area contributed by atoms with Crippen molar-refractivity contribution in [2.45, 2.75) is 13.3 Å². The number of carboxylic acids is 1. The lowest BCUT2D eigenvalue weighted by Gasteiger charge is -1.96. The molecule has 5 heteroatoms. The van der Waals surface area contributed by atoms with Crippen LogP contribution >= 0.6 is 0 Å². The molecule has 1 N–H and O–H groups in total. The molecule has 2 aromatic heterocycles. The van der Waals surface area contributed by atoms with Gasteiger partial charge in [0.25, 0.3) is 0 Å². The Morgan fingerprint density at radius 3 is 2.88 bits per heavy atom. The highest BCUT2D eigenvalue weighted by atomic mass is 16.4. The summed E-state index contributed by atoms with van der Waals surface area (Å²) < 4.78 is 1.57. The first-order valence-electron chi connectivity index (χ1n) is 4.78. The Hall–Kier alpha value is -2.17. The van der Waals surface area contributed by atoms with Gasteiger partial charge >= 0.3 is 5.97 Å². The minimum absolute atomic E-state index is 0.392. The van der Waals surface area contributed by atoms with Crippen LogP contribution in [0.1, 0.15) is 22.5 Å². The average molecular weight is 218 g/mol. The molecule has 0 aliphatic carbocycles. The smallest absolute Gasteiger partial charge is 0.311 e. The van der Waals surface area contributed by atoms with E-state index in [2.05, 4.69) is 5.10 Å². The van der Waals surface area contributed by atoms with E-state index >= 15 is 0 Å². The van der Waals surface area contributed by atoms with Gasteiger partial charge in [0.05, 0.1) is 16.8 Å². The number of aromatic nitrogens is 2. The van der Waals surface area contributed by atoms with E-state index in [-0.39, 0.29) is 0 Å². The van der Waals surface area contributed by atoms with Crippen LogP contribution in [0.4, 0.5) is 0 Å². The van der Waals surface area contributed by atoms with E-state index in [1.807, 2.05) is 0 Å². The number of hydrogen-bond acceptors (Lipinski definition) is 3. The lowest BCUT2D eigenvalue weighted by Crippen LogP contribution is -2.07. The standard InChI is InChI=1S/C11H10N2O3/c1-7-11(9(14)6-10(15)16)8-4-2-3-5-13(8)12-7/h2-5H,6H2,1H3,(H,15,16). The molecule has 0 bridgehead atoms. The fourth-order valence-electron chi connectivity index (χ4n) is 1.69. The molecule has 0 fully saturated rings. The summed E-state index contributed by atoms with van der Waals surface area (Å²) in [6.07, 6.45) is 1.22. The highest BCUT2D eigenvalue weighted by Crippen LogP contribution is 2.16. The zero-order valence-corrected chi connectivity index (χ0v) is 8.67. The second kappa shape index (κ2) is 3.77.